The number of rotatable bonds is 9. The number of nitrogens with one attached hydrogen (secondary N) is 2. The molecule has 3 heterocycles. The van der Waals surface area contributed by atoms with Gasteiger partial charge in [0.1, 0.15) is 5.82 Å². The third-order valence-corrected chi connectivity index (χ3v) is 11.6. The Hall–Kier alpha value is -2.31. The zero-order chi connectivity index (χ0) is 23.3. The minimum absolute atomic E-state index is 0.123. The number of hydrogen-bond donors (Lipinski definition) is 2. The third-order valence-electron chi connectivity index (χ3n) is 7.02. The summed E-state index contributed by atoms with van der Waals surface area (Å²) < 4.78 is 0. The molecule has 1 saturated heterocycles. The van der Waals surface area contributed by atoms with E-state index >= 15 is 0 Å². The molecule has 0 aliphatic carbocycles. The first-order valence-corrected chi connectivity index (χ1v) is 14.4. The quantitative estimate of drug-likeness (QED) is 0.432. The Labute approximate surface area is 200 Å². The number of pyridine rings is 1. The molecule has 0 bridgehead atoms. The molecule has 0 atom stereocenters. The molecule has 0 saturated carbocycles. The van der Waals surface area contributed by atoms with E-state index in [2.05, 4.69) is 48.4 Å². The fourth-order valence-corrected chi connectivity index (χ4v) is 8.77. The van der Waals surface area contributed by atoms with Gasteiger partial charge >= 0.3 is 0 Å². The molecular formula is C27H38N4OS. The van der Waals surface area contributed by atoms with Gasteiger partial charge in [-0.25, -0.2) is 4.98 Å². The van der Waals surface area contributed by atoms with Crippen molar-refractivity contribution in [2.24, 2.45) is 0 Å². The summed E-state index contributed by atoms with van der Waals surface area (Å²) in [4.78, 5) is 23.1. The molecule has 2 N–H and O–H groups in total. The van der Waals surface area contributed by atoms with Crippen LogP contribution in [0.4, 0.5) is 11.5 Å². The van der Waals surface area contributed by atoms with Crippen molar-refractivity contribution in [3.05, 3.63) is 52.6 Å². The van der Waals surface area contributed by atoms with Gasteiger partial charge in [0.2, 0.25) is 0 Å². The summed E-state index contributed by atoms with van der Waals surface area (Å²) in [5.74, 6) is 2.74. The maximum Gasteiger partial charge on any atom is 0.256 e. The lowest BCUT2D eigenvalue weighted by Crippen LogP contribution is -2.31. The van der Waals surface area contributed by atoms with E-state index in [4.69, 9.17) is 4.98 Å². The number of amides is 1. The van der Waals surface area contributed by atoms with Gasteiger partial charge in [-0.3, -0.25) is 4.79 Å². The number of benzene rings is 1. The van der Waals surface area contributed by atoms with E-state index in [0.29, 0.717) is 11.4 Å². The van der Waals surface area contributed by atoms with Crippen molar-refractivity contribution in [2.45, 2.75) is 51.3 Å². The van der Waals surface area contributed by atoms with Gasteiger partial charge in [0.15, 0.2) is 0 Å². The van der Waals surface area contributed by atoms with E-state index in [9.17, 15) is 4.79 Å². The van der Waals surface area contributed by atoms with Crippen molar-refractivity contribution in [3.8, 4) is 0 Å². The van der Waals surface area contributed by atoms with Crippen molar-refractivity contribution in [1.82, 2.24) is 9.88 Å². The lowest BCUT2D eigenvalue weighted by molar-refractivity contribution is 0.102. The van der Waals surface area contributed by atoms with Gasteiger partial charge in [-0.15, -0.1) is 0 Å². The molecule has 1 aromatic heterocycles. The fraction of sp³-hybridized carbons (Fsp3) is 0.481. The molecule has 2 aromatic rings. The van der Waals surface area contributed by atoms with Crippen molar-refractivity contribution in [2.75, 3.05) is 48.3 Å². The first-order valence-electron chi connectivity index (χ1n) is 12.4. The van der Waals surface area contributed by atoms with Crippen LogP contribution in [0.25, 0.3) is 6.08 Å². The Morgan fingerprint density at radius 1 is 1.09 bits per heavy atom. The maximum atomic E-state index is 12.8. The monoisotopic (exact) mass is 466 g/mol. The van der Waals surface area contributed by atoms with Gasteiger partial charge in [0.05, 0.1) is 11.4 Å². The standard InChI is InChI=1S/C27H38N4OS/c1-4-33(5-2)21(3)19-24-26(33)23(28-15-12-18-31-16-10-7-11-17-31)20-25(29-24)30-27(32)22-13-8-6-9-14-22/h6,8-9,13-14,19-20H,4-5,7,10-12,15-18H2,1-3H3,(H2,28,29,30,32). The smallest absolute Gasteiger partial charge is 0.256 e. The van der Waals surface area contributed by atoms with E-state index in [1.54, 1.807) is 0 Å². The van der Waals surface area contributed by atoms with Crippen LogP contribution >= 0.6 is 10.0 Å². The third kappa shape index (κ3) is 5.12. The Morgan fingerprint density at radius 3 is 2.52 bits per heavy atom. The molecule has 1 amide bonds. The first-order chi connectivity index (χ1) is 16.1. The van der Waals surface area contributed by atoms with Crippen LogP contribution in [0, 0.1) is 0 Å². The molecule has 4 rings (SSSR count). The Balaban J connectivity index is 1.55. The Morgan fingerprint density at radius 2 is 1.82 bits per heavy atom. The predicted octanol–water partition coefficient (Wildman–Crippen LogP) is 6.20. The van der Waals surface area contributed by atoms with E-state index in [0.717, 1.165) is 42.4 Å². The average molecular weight is 467 g/mol. The number of carbonyl (C=O) groups is 1. The molecule has 0 unspecified atom stereocenters. The zero-order valence-electron chi connectivity index (χ0n) is 20.3. The van der Waals surface area contributed by atoms with Gasteiger partial charge in [-0.2, -0.15) is 10.0 Å². The van der Waals surface area contributed by atoms with Crippen LogP contribution < -0.4 is 10.6 Å². The highest BCUT2D eigenvalue weighted by Gasteiger charge is 2.35. The minimum Gasteiger partial charge on any atom is -0.384 e. The SMILES string of the molecule is CCS1(CC)C(C)=Cc2nc(NC(=O)c3ccccc3)cc(NCCCN3CCCCC3)c21. The van der Waals surface area contributed by atoms with Crippen molar-refractivity contribution >= 4 is 33.5 Å². The summed E-state index contributed by atoms with van der Waals surface area (Å²) in [6.45, 7) is 11.4. The molecule has 2 aliphatic rings. The summed E-state index contributed by atoms with van der Waals surface area (Å²) in [6, 6.07) is 11.4. The van der Waals surface area contributed by atoms with Crippen molar-refractivity contribution in [3.63, 3.8) is 0 Å². The lowest BCUT2D eigenvalue weighted by Gasteiger charge is -2.38. The highest BCUT2D eigenvalue weighted by atomic mass is 32.3. The number of fused-ring (bicyclic) bond motifs is 1. The minimum atomic E-state index is -1.05. The van der Waals surface area contributed by atoms with Gasteiger partial charge < -0.3 is 15.5 Å². The Kier molecular flexibility index (Phi) is 7.76. The summed E-state index contributed by atoms with van der Waals surface area (Å²) >= 11 is 0. The predicted molar refractivity (Wildman–Crippen MR) is 143 cm³/mol. The highest BCUT2D eigenvalue weighted by molar-refractivity contribution is 8.37. The molecular weight excluding hydrogens is 428 g/mol. The van der Waals surface area contributed by atoms with Gasteiger partial charge in [0.25, 0.3) is 5.91 Å². The molecule has 178 valence electrons. The van der Waals surface area contributed by atoms with Crippen LogP contribution in [0.5, 0.6) is 0 Å². The van der Waals surface area contributed by atoms with Crippen LogP contribution in [0.1, 0.15) is 62.5 Å². The molecule has 1 fully saturated rings. The number of aromatic nitrogens is 1. The van der Waals surface area contributed by atoms with Crippen LogP contribution in [0.15, 0.2) is 46.2 Å². The first kappa shape index (κ1) is 23.8. The van der Waals surface area contributed by atoms with E-state index in [-0.39, 0.29) is 5.91 Å². The largest absolute Gasteiger partial charge is 0.384 e. The number of anilines is 2. The summed E-state index contributed by atoms with van der Waals surface area (Å²) in [5, 5.41) is 6.78. The molecule has 6 heteroatoms. The summed E-state index contributed by atoms with van der Waals surface area (Å²) in [5.41, 5.74) is 2.81. The summed E-state index contributed by atoms with van der Waals surface area (Å²) in [6.07, 6.45) is 7.41. The van der Waals surface area contributed by atoms with Crippen molar-refractivity contribution < 1.29 is 4.79 Å². The molecule has 0 spiro atoms. The second-order valence-corrected chi connectivity index (χ2v) is 13.0. The average Bonchev–Trinajstić information content (AvgIpc) is 3.14. The number of hydrogen-bond acceptors (Lipinski definition) is 4. The number of piperidine rings is 1. The normalized spacial score (nSPS) is 18.3. The van der Waals surface area contributed by atoms with Crippen LogP contribution in [-0.2, 0) is 0 Å². The van der Waals surface area contributed by atoms with Crippen molar-refractivity contribution in [1.29, 1.82) is 0 Å². The van der Waals surface area contributed by atoms with Crippen LogP contribution in [0.3, 0.4) is 0 Å². The lowest BCUT2D eigenvalue weighted by atomic mass is 10.1. The fourth-order valence-electron chi connectivity index (χ4n) is 5.16. The van der Waals surface area contributed by atoms with Crippen LogP contribution in [-0.4, -0.2) is 53.5 Å². The zero-order valence-corrected chi connectivity index (χ0v) is 21.1. The number of carbonyl (C=O) groups excluding carboxylic acids is 1. The molecule has 2 aliphatic heterocycles. The highest BCUT2D eigenvalue weighted by Crippen LogP contribution is 2.68. The second kappa shape index (κ2) is 10.7. The van der Waals surface area contributed by atoms with E-state index in [1.807, 2.05) is 30.3 Å². The molecule has 1 aromatic carbocycles. The second-order valence-electron chi connectivity index (χ2n) is 8.99. The molecule has 5 nitrogen and oxygen atoms in total. The van der Waals surface area contributed by atoms with Gasteiger partial charge in [-0.1, -0.05) is 38.5 Å². The topological polar surface area (TPSA) is 57.3 Å². The molecule has 0 radical (unpaired) electrons. The van der Waals surface area contributed by atoms with Crippen LogP contribution in [0.2, 0.25) is 0 Å². The Bertz CT molecular complexity index is 995. The van der Waals surface area contributed by atoms with Gasteiger partial charge in [0, 0.05) is 23.1 Å². The van der Waals surface area contributed by atoms with Gasteiger partial charge in [-0.05, 0) is 80.4 Å². The molecule has 33 heavy (non-hydrogen) atoms. The number of likely N-dealkylation sites (tertiary alicyclic amines) is 1. The summed E-state index contributed by atoms with van der Waals surface area (Å²) in [7, 11) is -1.05. The number of allylic oxidation sites excluding steroid dienone is 1. The maximum absolute atomic E-state index is 12.8. The number of nitrogens with zero attached hydrogens (tertiary/aromatic N) is 2. The van der Waals surface area contributed by atoms with E-state index in [1.165, 1.54) is 42.2 Å². The van der Waals surface area contributed by atoms with E-state index < -0.39 is 10.0 Å².